The lowest BCUT2D eigenvalue weighted by atomic mass is 9.82. The molecule has 1 aliphatic rings. The topological polar surface area (TPSA) is 116 Å². The van der Waals surface area contributed by atoms with Gasteiger partial charge in [0.05, 0.1) is 6.08 Å². The fourth-order valence-corrected chi connectivity index (χ4v) is 2.96. The van der Waals surface area contributed by atoms with Crippen molar-refractivity contribution in [1.82, 2.24) is 0 Å². The van der Waals surface area contributed by atoms with Gasteiger partial charge < -0.3 is 0 Å². The molecular weight excluding hydrogens is 350 g/mol. The number of nitrogens with zero attached hydrogens (tertiary/aromatic N) is 3. The van der Waals surface area contributed by atoms with Crippen LogP contribution in [0.3, 0.4) is 0 Å². The Morgan fingerprint density at radius 1 is 0.963 bits per heavy atom. The number of carbonyl (C=O) groups excluding carboxylic acids is 1. The third-order valence-corrected chi connectivity index (χ3v) is 4.41. The largest absolute Gasteiger partial charge is 0.482 e. The maximum absolute atomic E-state index is 12.5. The highest BCUT2D eigenvalue weighted by molar-refractivity contribution is 6.07. The zero-order valence-corrected chi connectivity index (χ0v) is 14.1. The van der Waals surface area contributed by atoms with Crippen molar-refractivity contribution in [3.63, 3.8) is 0 Å². The molecule has 1 atom stereocenters. The molecule has 1 aliphatic carbocycles. The van der Waals surface area contributed by atoms with Gasteiger partial charge in [-0.2, -0.15) is 0 Å². The van der Waals surface area contributed by atoms with Crippen LogP contribution in [0.15, 0.2) is 77.8 Å². The Bertz CT molecular complexity index is 924. The lowest BCUT2D eigenvalue weighted by Crippen LogP contribution is -2.49. The first kappa shape index (κ1) is 18.1. The number of nitro groups is 2. The smallest absolute Gasteiger partial charge is 0.267 e. The van der Waals surface area contributed by atoms with Gasteiger partial charge in [0.2, 0.25) is 0 Å². The molecule has 8 heteroatoms. The number of amides is 1. The molecule has 3 rings (SSSR count). The van der Waals surface area contributed by atoms with Crippen molar-refractivity contribution >= 4 is 11.6 Å². The molecule has 0 saturated carbocycles. The maximum Gasteiger partial charge on any atom is 0.482 e. The lowest BCUT2D eigenvalue weighted by Gasteiger charge is -2.24. The normalized spacial score (nSPS) is 19.6. The van der Waals surface area contributed by atoms with E-state index in [-0.39, 0.29) is 5.71 Å². The first-order valence-corrected chi connectivity index (χ1v) is 8.14. The second-order valence-electron chi connectivity index (χ2n) is 6.09. The number of benzene rings is 2. The molecule has 136 valence electrons. The van der Waals surface area contributed by atoms with Gasteiger partial charge in [0.1, 0.15) is 16.3 Å². The molecule has 2 aromatic rings. The van der Waals surface area contributed by atoms with Gasteiger partial charge in [-0.05, 0) is 17.7 Å². The van der Waals surface area contributed by atoms with E-state index in [0.29, 0.717) is 5.56 Å². The summed E-state index contributed by atoms with van der Waals surface area (Å²) in [5.41, 5.74) is -1.39. The molecule has 0 bridgehead atoms. The van der Waals surface area contributed by atoms with Gasteiger partial charge in [-0.1, -0.05) is 54.6 Å². The number of allylic oxidation sites excluding steroid dienone is 1. The molecule has 0 aliphatic heterocycles. The SMILES string of the molecule is O=C(N=C1CC([N+](=O)[O-])([N+](=O)[O-])C=CC1c1ccccc1)c1ccccc1. The van der Waals surface area contributed by atoms with E-state index >= 15 is 0 Å². The van der Waals surface area contributed by atoms with Gasteiger partial charge in [0.15, 0.2) is 0 Å². The summed E-state index contributed by atoms with van der Waals surface area (Å²) in [6, 6.07) is 17.1. The molecule has 0 N–H and O–H groups in total. The van der Waals surface area contributed by atoms with E-state index in [2.05, 4.69) is 4.99 Å². The van der Waals surface area contributed by atoms with Gasteiger partial charge in [0.25, 0.3) is 5.91 Å². The van der Waals surface area contributed by atoms with Crippen molar-refractivity contribution in [3.8, 4) is 0 Å². The predicted molar refractivity (Wildman–Crippen MR) is 97.9 cm³/mol. The Hall–Kier alpha value is -3.68. The zero-order valence-electron chi connectivity index (χ0n) is 14.1. The molecular formula is C19H15N3O5. The van der Waals surface area contributed by atoms with E-state index in [4.69, 9.17) is 0 Å². The van der Waals surface area contributed by atoms with Crippen LogP contribution < -0.4 is 0 Å². The molecule has 0 fully saturated rings. The molecule has 0 aromatic heterocycles. The highest BCUT2D eigenvalue weighted by Crippen LogP contribution is 2.33. The number of aliphatic imine (C=N–C) groups is 1. The quantitative estimate of drug-likeness (QED) is 0.357. The second kappa shape index (κ2) is 7.28. The number of hydrogen-bond donors (Lipinski definition) is 0. The van der Waals surface area contributed by atoms with Crippen LogP contribution in [-0.4, -0.2) is 27.1 Å². The van der Waals surface area contributed by atoms with Crippen LogP contribution >= 0.6 is 0 Å². The minimum absolute atomic E-state index is 0.0888. The lowest BCUT2D eigenvalue weighted by molar-refractivity contribution is -0.779. The van der Waals surface area contributed by atoms with Crippen molar-refractivity contribution in [2.75, 3.05) is 0 Å². The Labute approximate surface area is 154 Å². The van der Waals surface area contributed by atoms with Crippen LogP contribution in [0.25, 0.3) is 0 Å². The Balaban J connectivity index is 2.09. The van der Waals surface area contributed by atoms with Crippen molar-refractivity contribution in [1.29, 1.82) is 0 Å². The monoisotopic (exact) mass is 365 g/mol. The first-order valence-electron chi connectivity index (χ1n) is 8.14. The highest BCUT2D eigenvalue weighted by Gasteiger charge is 2.57. The third-order valence-electron chi connectivity index (χ3n) is 4.41. The summed E-state index contributed by atoms with van der Waals surface area (Å²) in [4.78, 5) is 37.5. The van der Waals surface area contributed by atoms with Crippen LogP contribution in [0.1, 0.15) is 28.3 Å². The average Bonchev–Trinajstić information content (AvgIpc) is 2.69. The van der Waals surface area contributed by atoms with Crippen LogP contribution in [0.2, 0.25) is 0 Å². The van der Waals surface area contributed by atoms with Crippen molar-refractivity contribution < 1.29 is 14.6 Å². The molecule has 1 unspecified atom stereocenters. The van der Waals surface area contributed by atoms with Crippen LogP contribution in [-0.2, 0) is 0 Å². The summed E-state index contributed by atoms with van der Waals surface area (Å²) < 4.78 is 0. The van der Waals surface area contributed by atoms with Crippen molar-refractivity contribution in [2.24, 2.45) is 4.99 Å². The summed E-state index contributed by atoms with van der Waals surface area (Å²) in [5.74, 6) is -1.14. The molecule has 0 saturated heterocycles. The molecule has 0 spiro atoms. The van der Waals surface area contributed by atoms with Gasteiger partial charge >= 0.3 is 5.66 Å². The van der Waals surface area contributed by atoms with Crippen LogP contribution in [0, 0.1) is 20.2 Å². The van der Waals surface area contributed by atoms with E-state index in [1.807, 2.05) is 0 Å². The standard InChI is InChI=1S/C19H15N3O5/c23-18(15-9-5-2-6-10-15)20-17-13-19(21(24)25,22(26)27)12-11-16(17)14-7-3-1-4-8-14/h1-12,16H,13H2. The molecule has 1 amide bonds. The molecule has 2 aromatic carbocycles. The number of carbonyl (C=O) groups is 1. The number of rotatable bonds is 4. The molecule has 27 heavy (non-hydrogen) atoms. The summed E-state index contributed by atoms with van der Waals surface area (Å²) in [7, 11) is 0. The fourth-order valence-electron chi connectivity index (χ4n) is 2.96. The zero-order chi connectivity index (χ0) is 19.4. The highest BCUT2D eigenvalue weighted by atomic mass is 16.7. The van der Waals surface area contributed by atoms with E-state index < -0.39 is 33.8 Å². The number of hydrogen-bond acceptors (Lipinski definition) is 5. The van der Waals surface area contributed by atoms with Gasteiger partial charge in [0, 0.05) is 17.2 Å². The summed E-state index contributed by atoms with van der Waals surface area (Å²) >= 11 is 0. The van der Waals surface area contributed by atoms with E-state index in [1.165, 1.54) is 6.08 Å². The Kier molecular flexibility index (Phi) is 4.89. The molecule has 8 nitrogen and oxygen atoms in total. The summed E-state index contributed by atoms with van der Waals surface area (Å²) in [6.45, 7) is 0. The van der Waals surface area contributed by atoms with Crippen LogP contribution in [0.5, 0.6) is 0 Å². The Morgan fingerprint density at radius 3 is 2.07 bits per heavy atom. The molecule has 0 heterocycles. The van der Waals surface area contributed by atoms with E-state index in [9.17, 15) is 25.0 Å². The van der Waals surface area contributed by atoms with Crippen molar-refractivity contribution in [2.45, 2.75) is 18.0 Å². The first-order chi connectivity index (χ1) is 12.9. The van der Waals surface area contributed by atoms with Gasteiger partial charge in [-0.25, -0.2) is 4.99 Å². The maximum atomic E-state index is 12.5. The second-order valence-corrected chi connectivity index (χ2v) is 6.09. The average molecular weight is 365 g/mol. The van der Waals surface area contributed by atoms with E-state index in [1.54, 1.807) is 60.7 Å². The van der Waals surface area contributed by atoms with Gasteiger partial charge in [-0.3, -0.25) is 25.0 Å². The minimum Gasteiger partial charge on any atom is -0.267 e. The van der Waals surface area contributed by atoms with Crippen molar-refractivity contribution in [3.05, 3.63) is 104 Å². The Morgan fingerprint density at radius 2 is 1.52 bits per heavy atom. The summed E-state index contributed by atoms with van der Waals surface area (Å²) in [6.07, 6.45) is 1.78. The third kappa shape index (κ3) is 3.50. The van der Waals surface area contributed by atoms with Crippen LogP contribution in [0.4, 0.5) is 0 Å². The van der Waals surface area contributed by atoms with Gasteiger partial charge in [-0.15, -0.1) is 0 Å². The minimum atomic E-state index is -2.53. The predicted octanol–water partition coefficient (Wildman–Crippen LogP) is 3.26. The molecule has 0 radical (unpaired) electrons. The fraction of sp³-hybridized carbons (Fsp3) is 0.158. The van der Waals surface area contributed by atoms with E-state index in [0.717, 1.165) is 11.6 Å². The summed E-state index contributed by atoms with van der Waals surface area (Å²) in [5, 5.41) is 22.9.